The maximum Gasteiger partial charge on any atom is 0.191 e. The molecule has 0 bridgehead atoms. The second kappa shape index (κ2) is 11.0. The molecule has 0 saturated carbocycles. The molecule has 0 aromatic heterocycles. The van der Waals surface area contributed by atoms with E-state index in [-0.39, 0.29) is 6.10 Å². The van der Waals surface area contributed by atoms with E-state index in [0.717, 1.165) is 49.8 Å². The van der Waals surface area contributed by atoms with E-state index in [1.807, 2.05) is 0 Å². The number of guanidine groups is 1. The van der Waals surface area contributed by atoms with Gasteiger partial charge in [-0.1, -0.05) is 36.4 Å². The van der Waals surface area contributed by atoms with Crippen molar-refractivity contribution in [3.8, 4) is 5.75 Å². The Morgan fingerprint density at radius 3 is 2.75 bits per heavy atom. The number of nitrogens with zero attached hydrogens (tertiary/aromatic N) is 2. The maximum absolute atomic E-state index is 6.12. The number of hydrogen-bond acceptors (Lipinski definition) is 4. The van der Waals surface area contributed by atoms with Gasteiger partial charge in [0.25, 0.3) is 0 Å². The molecule has 2 aromatic rings. The van der Waals surface area contributed by atoms with Crippen molar-refractivity contribution in [2.24, 2.45) is 4.99 Å². The summed E-state index contributed by atoms with van der Waals surface area (Å²) in [5.74, 6) is 1.68. The summed E-state index contributed by atoms with van der Waals surface area (Å²) in [5, 5.41) is 6.85. The van der Waals surface area contributed by atoms with Gasteiger partial charge in [0.2, 0.25) is 0 Å². The van der Waals surface area contributed by atoms with Crippen molar-refractivity contribution < 1.29 is 9.47 Å². The van der Waals surface area contributed by atoms with Crippen molar-refractivity contribution in [2.75, 3.05) is 38.3 Å². The lowest BCUT2D eigenvalue weighted by atomic mass is 10.1. The van der Waals surface area contributed by atoms with Crippen LogP contribution < -0.4 is 20.3 Å². The zero-order chi connectivity index (χ0) is 22.2. The molecule has 2 heterocycles. The molecule has 2 aromatic carbocycles. The van der Waals surface area contributed by atoms with Crippen molar-refractivity contribution in [1.29, 1.82) is 0 Å². The number of benzene rings is 2. The van der Waals surface area contributed by atoms with Crippen LogP contribution in [0.5, 0.6) is 5.75 Å². The molecule has 2 N–H and O–H groups in total. The van der Waals surface area contributed by atoms with Crippen LogP contribution in [0, 0.1) is 6.92 Å². The fourth-order valence-electron chi connectivity index (χ4n) is 4.04. The lowest BCUT2D eigenvalue weighted by Crippen LogP contribution is -2.36. The highest BCUT2D eigenvalue weighted by Gasteiger charge is 2.17. The zero-order valence-electron chi connectivity index (χ0n) is 19.1. The number of ether oxygens (including phenoxy) is 2. The van der Waals surface area contributed by atoms with Crippen LogP contribution in [0.2, 0.25) is 0 Å². The number of aliphatic imine (C=N–C) groups is 1. The van der Waals surface area contributed by atoms with E-state index in [4.69, 9.17) is 9.47 Å². The highest BCUT2D eigenvalue weighted by molar-refractivity contribution is 5.79. The van der Waals surface area contributed by atoms with Crippen molar-refractivity contribution in [3.05, 3.63) is 71.3 Å². The predicted molar refractivity (Wildman–Crippen MR) is 130 cm³/mol. The van der Waals surface area contributed by atoms with Crippen LogP contribution in [0.3, 0.4) is 0 Å². The van der Waals surface area contributed by atoms with Gasteiger partial charge in [0.1, 0.15) is 12.4 Å². The lowest BCUT2D eigenvalue weighted by Gasteiger charge is -2.19. The van der Waals surface area contributed by atoms with Gasteiger partial charge in [0.05, 0.1) is 6.10 Å². The third kappa shape index (κ3) is 6.04. The number of nitrogens with one attached hydrogen (secondary N) is 2. The van der Waals surface area contributed by atoms with Gasteiger partial charge in [-0.05, 0) is 49.1 Å². The minimum Gasteiger partial charge on any atom is -0.491 e. The summed E-state index contributed by atoms with van der Waals surface area (Å²) in [6.07, 6.45) is 6.82. The van der Waals surface area contributed by atoms with E-state index in [2.05, 4.69) is 82.1 Å². The average molecular weight is 435 g/mol. The summed E-state index contributed by atoms with van der Waals surface area (Å²) in [5.41, 5.74) is 4.78. The fourth-order valence-corrected chi connectivity index (χ4v) is 4.04. The highest BCUT2D eigenvalue weighted by atomic mass is 16.5. The van der Waals surface area contributed by atoms with Crippen molar-refractivity contribution >= 4 is 11.6 Å². The van der Waals surface area contributed by atoms with Gasteiger partial charge in [-0.3, -0.25) is 4.99 Å². The van der Waals surface area contributed by atoms with Crippen LogP contribution in [-0.2, 0) is 17.8 Å². The van der Waals surface area contributed by atoms with Crippen LogP contribution >= 0.6 is 0 Å². The number of aryl methyl sites for hydroxylation is 1. The summed E-state index contributed by atoms with van der Waals surface area (Å²) in [7, 11) is 1.80. The van der Waals surface area contributed by atoms with E-state index in [1.165, 1.54) is 16.8 Å². The van der Waals surface area contributed by atoms with Crippen molar-refractivity contribution in [2.45, 2.75) is 39.0 Å². The van der Waals surface area contributed by atoms with Gasteiger partial charge in [-0.15, -0.1) is 0 Å². The Bertz CT molecular complexity index is 943. The highest BCUT2D eigenvalue weighted by Crippen LogP contribution is 2.22. The second-order valence-electron chi connectivity index (χ2n) is 8.38. The van der Waals surface area contributed by atoms with E-state index < -0.39 is 0 Å². The van der Waals surface area contributed by atoms with E-state index in [1.54, 1.807) is 7.05 Å². The first-order valence-electron chi connectivity index (χ1n) is 11.5. The molecule has 1 fully saturated rings. The topological polar surface area (TPSA) is 58.1 Å². The van der Waals surface area contributed by atoms with E-state index in [0.29, 0.717) is 19.7 Å². The standard InChI is InChI=1S/C26H34N4O2/c1-20-10-11-22(25(15-20)32-19-24-9-6-14-31-24)18-29-26(27-2)28-17-21-7-5-8-23(16-21)30-12-3-4-13-30/h3-5,7-8,10-11,15-16,24H,6,9,12-14,17-19H2,1-2H3,(H2,27,28,29). The lowest BCUT2D eigenvalue weighted by molar-refractivity contribution is 0.0676. The van der Waals surface area contributed by atoms with E-state index in [9.17, 15) is 0 Å². The normalized spacial score (nSPS) is 18.2. The molecule has 0 amide bonds. The van der Waals surface area contributed by atoms with Crippen molar-refractivity contribution in [1.82, 2.24) is 10.6 Å². The van der Waals surface area contributed by atoms with Gasteiger partial charge >= 0.3 is 0 Å². The Kier molecular flexibility index (Phi) is 7.67. The molecule has 0 radical (unpaired) electrons. The van der Waals surface area contributed by atoms with Gasteiger partial charge in [-0.25, -0.2) is 0 Å². The summed E-state index contributed by atoms with van der Waals surface area (Å²) in [6, 6.07) is 15.0. The van der Waals surface area contributed by atoms with Crippen LogP contribution in [0.1, 0.15) is 29.5 Å². The third-order valence-electron chi connectivity index (χ3n) is 5.90. The van der Waals surface area contributed by atoms with Crippen LogP contribution in [-0.4, -0.2) is 45.4 Å². The Labute approximate surface area is 191 Å². The molecule has 32 heavy (non-hydrogen) atoms. The zero-order valence-corrected chi connectivity index (χ0v) is 19.1. The maximum atomic E-state index is 6.12. The minimum atomic E-state index is 0.206. The smallest absolute Gasteiger partial charge is 0.191 e. The summed E-state index contributed by atoms with van der Waals surface area (Å²) >= 11 is 0. The molecular formula is C26H34N4O2. The first-order valence-corrected chi connectivity index (χ1v) is 11.5. The number of hydrogen-bond donors (Lipinski definition) is 2. The monoisotopic (exact) mass is 434 g/mol. The summed E-state index contributed by atoms with van der Waals surface area (Å²) in [6.45, 7) is 6.85. The van der Waals surface area contributed by atoms with Gasteiger partial charge in [0, 0.05) is 51.1 Å². The molecule has 2 aliphatic heterocycles. The van der Waals surface area contributed by atoms with Crippen LogP contribution in [0.15, 0.2) is 59.6 Å². The number of anilines is 1. The fraction of sp³-hybridized carbons (Fsp3) is 0.423. The molecule has 4 rings (SSSR count). The first kappa shape index (κ1) is 22.2. The van der Waals surface area contributed by atoms with Crippen LogP contribution in [0.25, 0.3) is 0 Å². The van der Waals surface area contributed by atoms with E-state index >= 15 is 0 Å². The van der Waals surface area contributed by atoms with Crippen molar-refractivity contribution in [3.63, 3.8) is 0 Å². The predicted octanol–water partition coefficient (Wildman–Crippen LogP) is 3.79. The van der Waals surface area contributed by atoms with Crippen LogP contribution in [0.4, 0.5) is 5.69 Å². The largest absolute Gasteiger partial charge is 0.491 e. The minimum absolute atomic E-state index is 0.206. The molecule has 170 valence electrons. The number of rotatable bonds is 8. The Morgan fingerprint density at radius 2 is 1.97 bits per heavy atom. The summed E-state index contributed by atoms with van der Waals surface area (Å²) < 4.78 is 11.8. The SMILES string of the molecule is CN=C(NCc1cccc(N2CC=CC2)c1)NCc1ccc(C)cc1OCC1CCCO1. The molecule has 6 nitrogen and oxygen atoms in total. The average Bonchev–Trinajstić information content (AvgIpc) is 3.53. The molecule has 1 unspecified atom stereocenters. The Balaban J connectivity index is 1.31. The second-order valence-corrected chi connectivity index (χ2v) is 8.38. The molecule has 0 aliphatic carbocycles. The third-order valence-corrected chi connectivity index (χ3v) is 5.90. The molecular weight excluding hydrogens is 400 g/mol. The Morgan fingerprint density at radius 1 is 1.12 bits per heavy atom. The molecule has 6 heteroatoms. The molecule has 2 aliphatic rings. The Hall–Kier alpha value is -2.99. The summed E-state index contributed by atoms with van der Waals surface area (Å²) in [4.78, 5) is 6.74. The first-order chi connectivity index (χ1) is 15.7. The van der Waals surface area contributed by atoms with Gasteiger partial charge < -0.3 is 25.0 Å². The quantitative estimate of drug-likeness (QED) is 0.376. The molecule has 1 atom stereocenters. The van der Waals surface area contributed by atoms with Gasteiger partial charge in [0.15, 0.2) is 5.96 Å². The molecule has 0 spiro atoms. The van der Waals surface area contributed by atoms with Gasteiger partial charge in [-0.2, -0.15) is 0 Å². The molecule has 1 saturated heterocycles.